The number of halogens is 2. The Balaban J connectivity index is 1.64. The molecule has 4 aromatic rings. The second-order valence-electron chi connectivity index (χ2n) is 6.33. The summed E-state index contributed by atoms with van der Waals surface area (Å²) in [6.07, 6.45) is 0. The zero-order chi connectivity index (χ0) is 21.3. The fraction of sp³-hybridized carbons (Fsp3) is 0. The Morgan fingerprint density at radius 3 is 2.43 bits per heavy atom. The highest BCUT2D eigenvalue weighted by Crippen LogP contribution is 2.28. The molecule has 30 heavy (non-hydrogen) atoms. The van der Waals surface area contributed by atoms with E-state index in [1.54, 1.807) is 36.4 Å². The van der Waals surface area contributed by atoms with Crippen LogP contribution in [0.4, 0.5) is 11.5 Å². The van der Waals surface area contributed by atoms with Crippen LogP contribution in [0.2, 0.25) is 10.0 Å². The normalized spacial score (nSPS) is 11.4. The van der Waals surface area contributed by atoms with Gasteiger partial charge in [0.15, 0.2) is 5.82 Å². The third-order valence-corrected chi connectivity index (χ3v) is 6.40. The molecule has 10 heteroatoms. The first-order valence-corrected chi connectivity index (χ1v) is 10.9. The standard InChI is InChI=1S/C20H14Cl2N4O3S/c21-16-8-6-13(10-17(16)22)26-30(28,29)14-7-9-18-15(11-14)19(25-24-18)23-20(27)12-4-2-1-3-5-12/h1-11,26H,(H2,23,24,25,27). The molecule has 7 nitrogen and oxygen atoms in total. The molecule has 0 saturated heterocycles. The smallest absolute Gasteiger partial charge is 0.261 e. The summed E-state index contributed by atoms with van der Waals surface area (Å²) in [5.41, 5.74) is 1.31. The van der Waals surface area contributed by atoms with Crippen molar-refractivity contribution in [1.29, 1.82) is 0 Å². The maximum Gasteiger partial charge on any atom is 0.261 e. The van der Waals surface area contributed by atoms with Gasteiger partial charge in [0.1, 0.15) is 0 Å². The molecule has 0 spiro atoms. The van der Waals surface area contributed by atoms with E-state index in [1.165, 1.54) is 30.3 Å². The Hall–Kier alpha value is -3.07. The first-order valence-electron chi connectivity index (χ1n) is 8.66. The number of amides is 1. The van der Waals surface area contributed by atoms with Gasteiger partial charge < -0.3 is 5.32 Å². The molecule has 3 N–H and O–H groups in total. The molecular weight excluding hydrogens is 447 g/mol. The van der Waals surface area contributed by atoms with Crippen molar-refractivity contribution in [2.45, 2.75) is 4.90 Å². The lowest BCUT2D eigenvalue weighted by atomic mass is 10.2. The summed E-state index contributed by atoms with van der Waals surface area (Å²) in [5, 5.41) is 10.6. The topological polar surface area (TPSA) is 104 Å². The summed E-state index contributed by atoms with van der Waals surface area (Å²) in [6, 6.07) is 17.5. The Kier molecular flexibility index (Phi) is 5.38. The first-order chi connectivity index (χ1) is 14.3. The molecule has 0 unspecified atom stereocenters. The van der Waals surface area contributed by atoms with Crippen molar-refractivity contribution in [2.75, 3.05) is 10.0 Å². The molecule has 1 aromatic heterocycles. The molecule has 0 atom stereocenters. The number of nitrogens with one attached hydrogen (secondary N) is 3. The maximum atomic E-state index is 12.8. The fourth-order valence-corrected chi connectivity index (χ4v) is 4.17. The van der Waals surface area contributed by atoms with E-state index in [4.69, 9.17) is 23.2 Å². The number of H-pyrrole nitrogens is 1. The number of hydrogen-bond donors (Lipinski definition) is 3. The molecule has 1 heterocycles. The quantitative estimate of drug-likeness (QED) is 0.392. The Labute approximate surface area is 182 Å². The Morgan fingerprint density at radius 2 is 1.70 bits per heavy atom. The van der Waals surface area contributed by atoms with Crippen molar-refractivity contribution in [2.24, 2.45) is 0 Å². The van der Waals surface area contributed by atoms with E-state index in [-0.39, 0.29) is 27.3 Å². The second kappa shape index (κ2) is 7.98. The largest absolute Gasteiger partial charge is 0.305 e. The van der Waals surface area contributed by atoms with Gasteiger partial charge >= 0.3 is 0 Å². The van der Waals surface area contributed by atoms with E-state index in [2.05, 4.69) is 20.2 Å². The van der Waals surface area contributed by atoms with Crippen LogP contribution >= 0.6 is 23.2 Å². The monoisotopic (exact) mass is 460 g/mol. The van der Waals surface area contributed by atoms with E-state index < -0.39 is 10.0 Å². The van der Waals surface area contributed by atoms with Crippen LogP contribution < -0.4 is 10.0 Å². The van der Waals surface area contributed by atoms with Gasteiger partial charge in [0, 0.05) is 10.9 Å². The van der Waals surface area contributed by atoms with Crippen LogP contribution in [0.3, 0.4) is 0 Å². The lowest BCUT2D eigenvalue weighted by Crippen LogP contribution is -2.13. The van der Waals surface area contributed by atoms with Crippen molar-refractivity contribution < 1.29 is 13.2 Å². The average molecular weight is 461 g/mol. The number of fused-ring (bicyclic) bond motifs is 1. The third-order valence-electron chi connectivity index (χ3n) is 4.28. The highest BCUT2D eigenvalue weighted by Gasteiger charge is 2.18. The third kappa shape index (κ3) is 4.11. The van der Waals surface area contributed by atoms with Gasteiger partial charge in [-0.05, 0) is 48.5 Å². The predicted octanol–water partition coefficient (Wildman–Crippen LogP) is 4.92. The van der Waals surface area contributed by atoms with E-state index in [9.17, 15) is 13.2 Å². The van der Waals surface area contributed by atoms with Gasteiger partial charge in [-0.1, -0.05) is 41.4 Å². The molecular formula is C20H14Cl2N4O3S. The summed E-state index contributed by atoms with van der Waals surface area (Å²) in [4.78, 5) is 12.4. The number of carbonyl (C=O) groups is 1. The van der Waals surface area contributed by atoms with Crippen LogP contribution in [0.25, 0.3) is 10.9 Å². The number of sulfonamides is 1. The predicted molar refractivity (Wildman–Crippen MR) is 118 cm³/mol. The van der Waals surface area contributed by atoms with Crippen LogP contribution in [0, 0.1) is 0 Å². The first kappa shape index (κ1) is 20.2. The SMILES string of the molecule is O=C(Nc1n[nH]c2ccc(S(=O)(=O)Nc3ccc(Cl)c(Cl)c3)cc12)c1ccccc1. The Morgan fingerprint density at radius 1 is 0.933 bits per heavy atom. The molecule has 0 fully saturated rings. The zero-order valence-corrected chi connectivity index (χ0v) is 17.5. The second-order valence-corrected chi connectivity index (χ2v) is 8.83. The summed E-state index contributed by atoms with van der Waals surface area (Å²) >= 11 is 11.8. The molecule has 0 radical (unpaired) electrons. The van der Waals surface area contributed by atoms with Crippen molar-refractivity contribution in [1.82, 2.24) is 10.2 Å². The van der Waals surface area contributed by atoms with Crippen LogP contribution in [0.15, 0.2) is 71.6 Å². The van der Waals surface area contributed by atoms with Gasteiger partial charge in [-0.15, -0.1) is 0 Å². The lowest BCUT2D eigenvalue weighted by molar-refractivity contribution is 0.102. The van der Waals surface area contributed by atoms with Gasteiger partial charge in [-0.2, -0.15) is 5.10 Å². The minimum Gasteiger partial charge on any atom is -0.305 e. The minimum atomic E-state index is -3.92. The summed E-state index contributed by atoms with van der Waals surface area (Å²) in [7, 11) is -3.92. The molecule has 152 valence electrons. The van der Waals surface area contributed by atoms with Gasteiger partial charge in [-0.3, -0.25) is 14.6 Å². The molecule has 0 aliphatic rings. The van der Waals surface area contributed by atoms with Crippen LogP contribution in [-0.4, -0.2) is 24.5 Å². The van der Waals surface area contributed by atoms with Crippen LogP contribution in [0.1, 0.15) is 10.4 Å². The summed E-state index contributed by atoms with van der Waals surface area (Å²) in [6.45, 7) is 0. The van der Waals surface area contributed by atoms with E-state index >= 15 is 0 Å². The van der Waals surface area contributed by atoms with Gasteiger partial charge in [-0.25, -0.2) is 8.42 Å². The average Bonchev–Trinajstić information content (AvgIpc) is 3.13. The maximum absolute atomic E-state index is 12.8. The number of aromatic nitrogens is 2. The van der Waals surface area contributed by atoms with Crippen molar-refractivity contribution in [3.63, 3.8) is 0 Å². The number of benzene rings is 3. The van der Waals surface area contributed by atoms with Crippen LogP contribution in [0.5, 0.6) is 0 Å². The Bertz CT molecular complexity index is 1360. The highest BCUT2D eigenvalue weighted by molar-refractivity contribution is 7.92. The number of aromatic amines is 1. The van der Waals surface area contributed by atoms with Crippen molar-refractivity contribution >= 4 is 61.5 Å². The number of hydrogen-bond acceptors (Lipinski definition) is 4. The molecule has 1 amide bonds. The lowest BCUT2D eigenvalue weighted by Gasteiger charge is -2.09. The number of nitrogens with zero attached hydrogens (tertiary/aromatic N) is 1. The minimum absolute atomic E-state index is 0.00215. The number of rotatable bonds is 5. The van der Waals surface area contributed by atoms with Crippen LogP contribution in [-0.2, 0) is 10.0 Å². The molecule has 0 aliphatic heterocycles. The van der Waals surface area contributed by atoms with E-state index in [1.807, 2.05) is 0 Å². The molecule has 3 aromatic carbocycles. The molecule has 0 aliphatic carbocycles. The van der Waals surface area contributed by atoms with E-state index in [0.717, 1.165) is 0 Å². The summed E-state index contributed by atoms with van der Waals surface area (Å²) < 4.78 is 28.1. The number of carbonyl (C=O) groups excluding carboxylic acids is 1. The van der Waals surface area contributed by atoms with Crippen molar-refractivity contribution in [3.8, 4) is 0 Å². The summed E-state index contributed by atoms with van der Waals surface area (Å²) in [5.74, 6) is -0.128. The van der Waals surface area contributed by atoms with Crippen molar-refractivity contribution in [3.05, 3.63) is 82.3 Å². The van der Waals surface area contributed by atoms with Gasteiger partial charge in [0.25, 0.3) is 15.9 Å². The fourth-order valence-electron chi connectivity index (χ4n) is 2.80. The van der Waals surface area contributed by atoms with E-state index in [0.29, 0.717) is 21.5 Å². The molecule has 4 rings (SSSR count). The van der Waals surface area contributed by atoms with Gasteiger partial charge in [0.2, 0.25) is 0 Å². The zero-order valence-electron chi connectivity index (χ0n) is 15.2. The molecule has 0 saturated carbocycles. The van der Waals surface area contributed by atoms with Gasteiger partial charge in [0.05, 0.1) is 26.1 Å². The number of anilines is 2. The molecule has 0 bridgehead atoms. The highest BCUT2D eigenvalue weighted by atomic mass is 35.5.